The zero-order valence-electron chi connectivity index (χ0n) is 13.2. The lowest BCUT2D eigenvalue weighted by Crippen LogP contribution is -2.11. The summed E-state index contributed by atoms with van der Waals surface area (Å²) in [5.74, 6) is 0.541. The van der Waals surface area contributed by atoms with Gasteiger partial charge in [-0.25, -0.2) is 4.98 Å². The summed E-state index contributed by atoms with van der Waals surface area (Å²) in [6, 6.07) is 13.5. The molecule has 6 heteroatoms. The van der Waals surface area contributed by atoms with Gasteiger partial charge in [-0.15, -0.1) is 0 Å². The average Bonchev–Trinajstić information content (AvgIpc) is 3.16. The number of aryl methyl sites for hydroxylation is 1. The maximum Gasteiger partial charge on any atom is 0.273 e. The van der Waals surface area contributed by atoms with E-state index in [1.54, 1.807) is 7.11 Å². The molecule has 1 amide bonds. The molecule has 0 aliphatic rings. The van der Waals surface area contributed by atoms with E-state index >= 15 is 0 Å². The number of carbonyl (C=O) groups is 1. The van der Waals surface area contributed by atoms with Crippen LogP contribution in [0.2, 0.25) is 0 Å². The first-order chi connectivity index (χ1) is 11.6. The highest BCUT2D eigenvalue weighted by molar-refractivity contribution is 7.22. The first-order valence-corrected chi connectivity index (χ1v) is 8.29. The Morgan fingerprint density at radius 1 is 1.21 bits per heavy atom. The molecule has 0 aliphatic heterocycles. The highest BCUT2D eigenvalue weighted by Gasteiger charge is 2.13. The van der Waals surface area contributed by atoms with Gasteiger partial charge in [-0.3, -0.25) is 10.1 Å². The monoisotopic (exact) mass is 337 g/mol. The summed E-state index contributed by atoms with van der Waals surface area (Å²) in [5.41, 5.74) is 3.42. The van der Waals surface area contributed by atoms with E-state index in [-0.39, 0.29) is 5.91 Å². The van der Waals surface area contributed by atoms with Crippen molar-refractivity contribution in [1.29, 1.82) is 0 Å². The van der Waals surface area contributed by atoms with E-state index in [1.807, 2.05) is 43.3 Å². The van der Waals surface area contributed by atoms with E-state index < -0.39 is 0 Å². The molecule has 0 radical (unpaired) electrons. The lowest BCUT2D eigenvalue weighted by Gasteiger charge is -1.98. The largest absolute Gasteiger partial charge is 0.497 e. The fourth-order valence-corrected chi connectivity index (χ4v) is 3.56. The van der Waals surface area contributed by atoms with E-state index in [0.717, 1.165) is 26.9 Å². The Morgan fingerprint density at radius 2 is 2.08 bits per heavy atom. The van der Waals surface area contributed by atoms with Crippen LogP contribution in [0.25, 0.3) is 21.1 Å². The molecular formula is C18H15N3O2S. The number of aromatic amines is 1. The minimum Gasteiger partial charge on any atom is -0.497 e. The summed E-state index contributed by atoms with van der Waals surface area (Å²) >= 11 is 1.47. The summed E-state index contributed by atoms with van der Waals surface area (Å²) in [7, 11) is 1.62. The quantitative estimate of drug-likeness (QED) is 0.584. The van der Waals surface area contributed by atoms with Crippen molar-refractivity contribution in [1.82, 2.24) is 9.97 Å². The van der Waals surface area contributed by atoms with Crippen LogP contribution in [0, 0.1) is 6.92 Å². The Hall–Kier alpha value is -2.86. The van der Waals surface area contributed by atoms with Crippen LogP contribution in [0.5, 0.6) is 5.75 Å². The van der Waals surface area contributed by atoms with Crippen molar-refractivity contribution in [3.05, 3.63) is 53.7 Å². The molecule has 2 aromatic heterocycles. The number of anilines is 1. The third kappa shape index (κ3) is 2.61. The molecule has 0 bridgehead atoms. The zero-order valence-corrected chi connectivity index (χ0v) is 14.0. The Bertz CT molecular complexity index is 1060. The van der Waals surface area contributed by atoms with Crippen molar-refractivity contribution in [2.24, 2.45) is 0 Å². The van der Waals surface area contributed by atoms with Crippen molar-refractivity contribution in [3.63, 3.8) is 0 Å². The number of hydrogen-bond acceptors (Lipinski definition) is 4. The summed E-state index contributed by atoms with van der Waals surface area (Å²) in [6.07, 6.45) is 0. The van der Waals surface area contributed by atoms with E-state index in [0.29, 0.717) is 10.8 Å². The van der Waals surface area contributed by atoms with Crippen molar-refractivity contribution in [2.75, 3.05) is 12.4 Å². The van der Waals surface area contributed by atoms with Gasteiger partial charge in [-0.2, -0.15) is 0 Å². The van der Waals surface area contributed by atoms with Crippen LogP contribution in [0.4, 0.5) is 5.13 Å². The fraction of sp³-hybridized carbons (Fsp3) is 0.111. The number of benzene rings is 2. The molecule has 5 nitrogen and oxygen atoms in total. The molecule has 0 unspecified atom stereocenters. The number of H-pyrrole nitrogens is 1. The SMILES string of the molecule is COc1ccc2cc(C(=O)Nc3nc4ccc(C)cc4s3)[nH]c2c1. The van der Waals surface area contributed by atoms with Gasteiger partial charge in [0, 0.05) is 17.0 Å². The van der Waals surface area contributed by atoms with Crippen LogP contribution >= 0.6 is 11.3 Å². The van der Waals surface area contributed by atoms with Gasteiger partial charge in [0.1, 0.15) is 11.4 Å². The van der Waals surface area contributed by atoms with Crippen molar-refractivity contribution < 1.29 is 9.53 Å². The van der Waals surface area contributed by atoms with Crippen LogP contribution in [-0.2, 0) is 0 Å². The Balaban J connectivity index is 1.62. The molecule has 120 valence electrons. The van der Waals surface area contributed by atoms with Gasteiger partial charge in [0.25, 0.3) is 5.91 Å². The standard InChI is InChI=1S/C18H15N3O2S/c1-10-3-6-13-16(7-10)24-18(20-13)21-17(22)15-8-11-4-5-12(23-2)9-14(11)19-15/h3-9,19H,1-2H3,(H,20,21,22). The maximum absolute atomic E-state index is 12.5. The number of thiazole rings is 1. The number of amides is 1. The second-order valence-electron chi connectivity index (χ2n) is 5.58. The van der Waals surface area contributed by atoms with E-state index in [4.69, 9.17) is 4.74 Å². The van der Waals surface area contributed by atoms with E-state index in [2.05, 4.69) is 21.4 Å². The third-order valence-corrected chi connectivity index (χ3v) is 4.77. The minimum absolute atomic E-state index is 0.207. The lowest BCUT2D eigenvalue weighted by atomic mass is 10.2. The number of hydrogen-bond donors (Lipinski definition) is 2. The molecular weight excluding hydrogens is 322 g/mol. The molecule has 0 spiro atoms. The second-order valence-corrected chi connectivity index (χ2v) is 6.61. The molecule has 4 aromatic rings. The third-order valence-electron chi connectivity index (χ3n) is 3.84. The van der Waals surface area contributed by atoms with Gasteiger partial charge in [-0.05, 0) is 42.8 Å². The number of methoxy groups -OCH3 is 1. The number of carbonyl (C=O) groups excluding carboxylic acids is 1. The number of rotatable bonds is 3. The summed E-state index contributed by atoms with van der Waals surface area (Å²) in [5, 5.41) is 4.42. The molecule has 0 saturated carbocycles. The van der Waals surface area contributed by atoms with E-state index in [9.17, 15) is 4.79 Å². The normalized spacial score (nSPS) is 11.1. The highest BCUT2D eigenvalue weighted by atomic mass is 32.1. The highest BCUT2D eigenvalue weighted by Crippen LogP contribution is 2.27. The predicted octanol–water partition coefficient (Wildman–Crippen LogP) is 4.35. The number of ether oxygens (including phenoxy) is 1. The molecule has 0 fully saturated rings. The van der Waals surface area contributed by atoms with Crippen LogP contribution < -0.4 is 10.1 Å². The Labute approximate surface area is 142 Å². The fourth-order valence-electron chi connectivity index (χ4n) is 2.61. The predicted molar refractivity (Wildman–Crippen MR) is 97.2 cm³/mol. The van der Waals surface area contributed by atoms with Gasteiger partial charge >= 0.3 is 0 Å². The molecule has 0 saturated heterocycles. The summed E-state index contributed by atoms with van der Waals surface area (Å²) in [6.45, 7) is 2.04. The number of aromatic nitrogens is 2. The Kier molecular flexibility index (Phi) is 3.46. The smallest absolute Gasteiger partial charge is 0.273 e. The summed E-state index contributed by atoms with van der Waals surface area (Å²) in [4.78, 5) is 20.0. The number of nitrogens with zero attached hydrogens (tertiary/aromatic N) is 1. The molecule has 2 aromatic carbocycles. The van der Waals surface area contributed by atoms with Crippen molar-refractivity contribution in [2.45, 2.75) is 6.92 Å². The second kappa shape index (κ2) is 5.65. The minimum atomic E-state index is -0.207. The van der Waals surface area contributed by atoms with Crippen molar-refractivity contribution in [3.8, 4) is 5.75 Å². The molecule has 2 heterocycles. The van der Waals surface area contributed by atoms with Crippen LogP contribution in [0.1, 0.15) is 16.1 Å². The topological polar surface area (TPSA) is 67.0 Å². The molecule has 0 atom stereocenters. The molecule has 4 rings (SSSR count). The van der Waals surface area contributed by atoms with Gasteiger partial charge in [0.05, 0.1) is 17.3 Å². The van der Waals surface area contributed by atoms with Crippen LogP contribution in [0.3, 0.4) is 0 Å². The first kappa shape index (κ1) is 14.7. The van der Waals surface area contributed by atoms with Gasteiger partial charge in [0.2, 0.25) is 0 Å². The van der Waals surface area contributed by atoms with Crippen molar-refractivity contribution >= 4 is 43.5 Å². The zero-order chi connectivity index (χ0) is 16.7. The van der Waals surface area contributed by atoms with Crippen LogP contribution in [-0.4, -0.2) is 23.0 Å². The van der Waals surface area contributed by atoms with Gasteiger partial charge < -0.3 is 9.72 Å². The molecule has 2 N–H and O–H groups in total. The van der Waals surface area contributed by atoms with Crippen LogP contribution in [0.15, 0.2) is 42.5 Å². The molecule has 24 heavy (non-hydrogen) atoms. The summed E-state index contributed by atoms with van der Waals surface area (Å²) < 4.78 is 6.26. The van der Waals surface area contributed by atoms with Gasteiger partial charge in [0.15, 0.2) is 5.13 Å². The lowest BCUT2D eigenvalue weighted by molar-refractivity contribution is 0.102. The maximum atomic E-state index is 12.5. The number of nitrogens with one attached hydrogen (secondary N) is 2. The van der Waals surface area contributed by atoms with Gasteiger partial charge in [-0.1, -0.05) is 17.4 Å². The Morgan fingerprint density at radius 3 is 2.92 bits per heavy atom. The number of fused-ring (bicyclic) bond motifs is 2. The van der Waals surface area contributed by atoms with E-state index in [1.165, 1.54) is 16.9 Å². The molecule has 0 aliphatic carbocycles. The first-order valence-electron chi connectivity index (χ1n) is 7.48. The average molecular weight is 337 g/mol.